The number of anilines is 1. The predicted octanol–water partition coefficient (Wildman–Crippen LogP) is 6.31. The summed E-state index contributed by atoms with van der Waals surface area (Å²) in [5, 5.41) is 31.0. The maximum absolute atomic E-state index is 10.9. The molecular weight excluding hydrogens is 629 g/mol. The lowest BCUT2D eigenvalue weighted by Gasteiger charge is -2.43. The first-order valence-corrected chi connectivity index (χ1v) is 20.9. The SMILES string of the molecule is CC1=CC(C)(C)N(C)c2cc3c(cc21)C(c1ccc2c(CO)c4ccccc4c(CO)c2c1)=c1cc2c(cc1[Si]3(C)C)=[N+](C)C(C)(C)C=C2C. The van der Waals surface area contributed by atoms with Gasteiger partial charge in [0.15, 0.2) is 5.54 Å². The predicted molar refractivity (Wildman–Crippen MR) is 215 cm³/mol. The first kappa shape index (κ1) is 32.9. The molecule has 8 rings (SSSR count). The lowest BCUT2D eigenvalue weighted by Crippen LogP contribution is -2.64. The van der Waals surface area contributed by atoms with E-state index in [9.17, 15) is 10.2 Å². The normalized spacial score (nSPS) is 18.4. The topological polar surface area (TPSA) is 46.7 Å². The minimum atomic E-state index is -2.23. The highest BCUT2D eigenvalue weighted by Crippen LogP contribution is 2.41. The van der Waals surface area contributed by atoms with Gasteiger partial charge in [-0.25, -0.2) is 4.58 Å². The smallest absolute Gasteiger partial charge is 0.207 e. The maximum Gasteiger partial charge on any atom is 0.207 e. The van der Waals surface area contributed by atoms with Crippen molar-refractivity contribution in [2.45, 2.75) is 78.9 Å². The van der Waals surface area contributed by atoms with Gasteiger partial charge in [-0.3, -0.25) is 0 Å². The molecule has 0 unspecified atom stereocenters. The van der Waals surface area contributed by atoms with E-state index < -0.39 is 8.07 Å². The Bertz CT molecular complexity index is 2530. The molecule has 4 nitrogen and oxygen atoms in total. The zero-order valence-corrected chi connectivity index (χ0v) is 32.2. The van der Waals surface area contributed by atoms with Crippen LogP contribution in [0.2, 0.25) is 13.1 Å². The van der Waals surface area contributed by atoms with E-state index in [1.54, 1.807) is 0 Å². The van der Waals surface area contributed by atoms with E-state index in [4.69, 9.17) is 0 Å². The molecule has 0 spiro atoms. The molecule has 0 saturated heterocycles. The van der Waals surface area contributed by atoms with Crippen molar-refractivity contribution in [2.24, 2.45) is 0 Å². The Hall–Kier alpha value is -4.29. The van der Waals surface area contributed by atoms with E-state index in [-0.39, 0.29) is 24.3 Å². The van der Waals surface area contributed by atoms with Gasteiger partial charge in [0.1, 0.15) is 15.1 Å². The molecule has 5 aromatic carbocycles. The minimum Gasteiger partial charge on any atom is -0.392 e. The molecule has 0 aliphatic carbocycles. The average Bonchev–Trinajstić information content (AvgIpc) is 3.07. The molecule has 0 aromatic heterocycles. The van der Waals surface area contributed by atoms with E-state index in [1.165, 1.54) is 60.0 Å². The fraction of sp³-hybridized carbons (Fsp3) is 0.311. The molecule has 3 aliphatic rings. The molecule has 0 atom stereocenters. The van der Waals surface area contributed by atoms with E-state index in [0.717, 1.165) is 38.2 Å². The third-order valence-electron chi connectivity index (χ3n) is 12.4. The van der Waals surface area contributed by atoms with Crippen molar-refractivity contribution >= 4 is 62.4 Å². The van der Waals surface area contributed by atoms with Crippen LogP contribution in [0.4, 0.5) is 5.69 Å². The summed E-state index contributed by atoms with van der Waals surface area (Å²) in [5.41, 5.74) is 11.8. The highest BCUT2D eigenvalue weighted by Gasteiger charge is 2.40. The van der Waals surface area contributed by atoms with E-state index in [1.807, 2.05) is 12.1 Å². The van der Waals surface area contributed by atoms with Crippen LogP contribution in [0.5, 0.6) is 0 Å². The second kappa shape index (κ2) is 10.9. The monoisotopic (exact) mass is 677 g/mol. The number of likely N-dealkylation sites (N-methyl/N-ethyl adjacent to an activating group) is 2. The van der Waals surface area contributed by atoms with Crippen molar-refractivity contribution in [1.82, 2.24) is 4.58 Å². The highest BCUT2D eigenvalue weighted by atomic mass is 28.3. The lowest BCUT2D eigenvalue weighted by molar-refractivity contribution is 0.282. The van der Waals surface area contributed by atoms with Gasteiger partial charge in [0, 0.05) is 43.8 Å². The van der Waals surface area contributed by atoms with Gasteiger partial charge in [0.2, 0.25) is 5.36 Å². The van der Waals surface area contributed by atoms with Crippen LogP contribution in [-0.4, -0.2) is 43.5 Å². The number of aliphatic hydroxyl groups is 2. The van der Waals surface area contributed by atoms with Crippen LogP contribution in [0.1, 0.15) is 74.9 Å². The maximum atomic E-state index is 10.9. The first-order valence-electron chi connectivity index (χ1n) is 17.9. The van der Waals surface area contributed by atoms with Gasteiger partial charge in [0.05, 0.1) is 18.8 Å². The van der Waals surface area contributed by atoms with Crippen LogP contribution in [0.25, 0.3) is 38.3 Å². The second-order valence-corrected chi connectivity index (χ2v) is 20.8. The number of hydrogen-bond donors (Lipinski definition) is 2. The summed E-state index contributed by atoms with van der Waals surface area (Å²) in [4.78, 5) is 2.44. The van der Waals surface area contributed by atoms with Crippen molar-refractivity contribution in [1.29, 1.82) is 0 Å². The Labute approximate surface area is 297 Å². The highest BCUT2D eigenvalue weighted by molar-refractivity contribution is 7.01. The zero-order valence-electron chi connectivity index (χ0n) is 31.2. The van der Waals surface area contributed by atoms with Gasteiger partial charge in [-0.15, -0.1) is 0 Å². The number of nitrogens with zero attached hydrogens (tertiary/aromatic N) is 2. The van der Waals surface area contributed by atoms with Crippen LogP contribution in [0.15, 0.2) is 78.9 Å². The summed E-state index contributed by atoms with van der Waals surface area (Å²) >= 11 is 0. The number of fused-ring (bicyclic) bond motifs is 6. The van der Waals surface area contributed by atoms with Gasteiger partial charge in [-0.05, 0) is 134 Å². The molecule has 0 radical (unpaired) electrons. The standard InChI is InChI=1S/C45H49N2O2Si/c1-26-22-44(3,4)46(7)39-20-41-35(18-32(26)39)43(36-19-33-27(2)23-45(5,6)47(8)40(33)21-42(36)50(41,9)10)28-15-16-31-34(17-28)38(25-49)30-14-12-11-13-29(30)37(31)24-48/h11-23,48-49H,24-25H2,1-10H3/q+1. The van der Waals surface area contributed by atoms with E-state index in [2.05, 4.69) is 145 Å². The van der Waals surface area contributed by atoms with Crippen molar-refractivity contribution in [3.63, 3.8) is 0 Å². The van der Waals surface area contributed by atoms with Gasteiger partial charge in [-0.2, -0.15) is 0 Å². The Kier molecular flexibility index (Phi) is 7.14. The summed E-state index contributed by atoms with van der Waals surface area (Å²) in [5.74, 6) is 0. The molecule has 3 aliphatic heterocycles. The number of benzene rings is 5. The quantitative estimate of drug-likeness (QED) is 0.134. The number of aliphatic hydroxyl groups excluding tert-OH is 2. The van der Waals surface area contributed by atoms with Crippen molar-refractivity contribution in [3.05, 3.63) is 123 Å². The zero-order chi connectivity index (χ0) is 35.7. The summed E-state index contributed by atoms with van der Waals surface area (Å²) in [7, 11) is 2.23. The van der Waals surface area contributed by atoms with Gasteiger partial charge < -0.3 is 15.1 Å². The Morgan fingerprint density at radius 2 is 1.32 bits per heavy atom. The third-order valence-corrected chi connectivity index (χ3v) is 16.0. The Balaban J connectivity index is 1.55. The second-order valence-electron chi connectivity index (χ2n) is 16.5. The number of rotatable bonds is 3. The first-order chi connectivity index (χ1) is 23.6. The largest absolute Gasteiger partial charge is 0.392 e. The van der Waals surface area contributed by atoms with Gasteiger partial charge >= 0.3 is 0 Å². The molecule has 0 bridgehead atoms. The summed E-state index contributed by atoms with van der Waals surface area (Å²) < 4.78 is 2.44. The molecular formula is C45H49N2O2Si+. The van der Waals surface area contributed by atoms with E-state index in [0.29, 0.717) is 0 Å². The molecule has 5 aromatic rings. The van der Waals surface area contributed by atoms with Crippen LogP contribution in [-0.2, 0) is 13.2 Å². The molecule has 0 saturated carbocycles. The Morgan fingerprint density at radius 1 is 0.700 bits per heavy atom. The van der Waals surface area contributed by atoms with Crippen molar-refractivity contribution in [3.8, 4) is 0 Å². The van der Waals surface area contributed by atoms with Crippen LogP contribution >= 0.6 is 0 Å². The number of hydrogen-bond acceptors (Lipinski definition) is 3. The summed E-state index contributed by atoms with van der Waals surface area (Å²) in [6, 6.07) is 24.8. The molecule has 5 heteroatoms. The fourth-order valence-corrected chi connectivity index (χ4v) is 12.3. The molecule has 254 valence electrons. The number of allylic oxidation sites excluding steroid dienone is 2. The Morgan fingerprint density at radius 3 is 1.98 bits per heavy atom. The molecule has 50 heavy (non-hydrogen) atoms. The minimum absolute atomic E-state index is 0.0622. The van der Waals surface area contributed by atoms with Crippen LogP contribution in [0, 0.1) is 0 Å². The third kappa shape index (κ3) is 4.46. The molecule has 2 N–H and O–H groups in total. The van der Waals surface area contributed by atoms with Crippen LogP contribution in [0.3, 0.4) is 0 Å². The molecule has 0 fully saturated rings. The fourth-order valence-electron chi connectivity index (χ4n) is 9.29. The van der Waals surface area contributed by atoms with Gasteiger partial charge in [-0.1, -0.05) is 55.6 Å². The van der Waals surface area contributed by atoms with Gasteiger partial charge in [0.25, 0.3) is 0 Å². The van der Waals surface area contributed by atoms with E-state index >= 15 is 0 Å². The summed E-state index contributed by atoms with van der Waals surface area (Å²) in [6.07, 6.45) is 4.79. The lowest BCUT2D eigenvalue weighted by atomic mass is 9.84. The van der Waals surface area contributed by atoms with Crippen molar-refractivity contribution in [2.75, 3.05) is 19.0 Å². The van der Waals surface area contributed by atoms with Crippen LogP contribution < -0.4 is 30.4 Å². The summed E-state index contributed by atoms with van der Waals surface area (Å²) in [6.45, 7) is 18.6. The average molecular weight is 678 g/mol. The molecule has 0 amide bonds. The molecule has 3 heterocycles. The van der Waals surface area contributed by atoms with Crippen molar-refractivity contribution < 1.29 is 10.2 Å².